The second-order valence-electron chi connectivity index (χ2n) is 15.5. The molecule has 0 aromatic carbocycles. The van der Waals surface area contributed by atoms with Gasteiger partial charge in [0.05, 0.1) is 68.7 Å². The zero-order valence-electron chi connectivity index (χ0n) is 35.3. The van der Waals surface area contributed by atoms with Gasteiger partial charge in [0, 0.05) is 53.1 Å². The van der Waals surface area contributed by atoms with Crippen molar-refractivity contribution in [2.75, 3.05) is 48.3 Å². The molecular weight excluding hydrogens is 744 g/mol. The van der Waals surface area contributed by atoms with E-state index in [4.69, 9.17) is 62.7 Å². The third-order valence-corrected chi connectivity index (χ3v) is 11.8. The van der Waals surface area contributed by atoms with E-state index in [9.17, 15) is 25.2 Å². The van der Waals surface area contributed by atoms with Crippen molar-refractivity contribution in [1.82, 2.24) is 0 Å². The molecule has 18 nitrogen and oxygen atoms in total. The average Bonchev–Trinajstić information content (AvgIpc) is 3.54. The fraction of sp³-hybridized carbons (Fsp3) is 0.974. The van der Waals surface area contributed by atoms with Gasteiger partial charge in [0.15, 0.2) is 0 Å². The molecule has 0 spiro atoms. The van der Waals surface area contributed by atoms with Crippen molar-refractivity contribution in [3.8, 4) is 0 Å². The highest BCUT2D eigenvalue weighted by Crippen LogP contribution is 2.39. The van der Waals surface area contributed by atoms with E-state index in [1.165, 1.54) is 14.0 Å². The first kappa shape index (κ1) is 51.0. The van der Waals surface area contributed by atoms with Crippen LogP contribution in [0.25, 0.3) is 0 Å². The van der Waals surface area contributed by atoms with Crippen LogP contribution in [0, 0.1) is 17.8 Å². The number of fused-ring (bicyclic) bond motifs is 1. The lowest BCUT2D eigenvalue weighted by atomic mass is 9.89. The van der Waals surface area contributed by atoms with E-state index in [0.29, 0.717) is 0 Å². The van der Waals surface area contributed by atoms with E-state index in [1.807, 2.05) is 48.5 Å². The minimum atomic E-state index is -1.70. The van der Waals surface area contributed by atoms with Gasteiger partial charge in [-0.3, -0.25) is 0 Å². The summed E-state index contributed by atoms with van der Waals surface area (Å²) in [7, 11) is 6.23. The van der Waals surface area contributed by atoms with Gasteiger partial charge in [0.2, 0.25) is 0 Å². The molecule has 7 N–H and O–H groups in total. The van der Waals surface area contributed by atoms with Crippen molar-refractivity contribution in [2.24, 2.45) is 17.8 Å². The maximum Gasteiger partial charge on any atom is 0.364 e. The normalized spacial score (nSPS) is 47.5. The molecule has 0 aliphatic carbocycles. The van der Waals surface area contributed by atoms with Crippen LogP contribution in [0.1, 0.15) is 62.3 Å². The first-order chi connectivity index (χ1) is 26.2. The number of carboxylic acid groups (broad SMARTS) is 1. The first-order valence-electron chi connectivity index (χ1n) is 19.4. The Morgan fingerprint density at radius 2 is 0.839 bits per heavy atom. The van der Waals surface area contributed by atoms with Gasteiger partial charge in [-0.05, 0) is 34.6 Å². The molecule has 0 amide bonds. The summed E-state index contributed by atoms with van der Waals surface area (Å²) in [5, 5.41) is 65.3. The van der Waals surface area contributed by atoms with E-state index in [-0.39, 0.29) is 86.4 Å². The Labute approximate surface area is 331 Å². The van der Waals surface area contributed by atoms with Crippen molar-refractivity contribution < 1.29 is 87.9 Å². The summed E-state index contributed by atoms with van der Waals surface area (Å²) in [6.45, 7) is 16.2. The lowest BCUT2D eigenvalue weighted by Gasteiger charge is -2.41. The minimum Gasteiger partial charge on any atom is -0.477 e. The smallest absolute Gasteiger partial charge is 0.364 e. The molecule has 0 aromatic rings. The fourth-order valence-corrected chi connectivity index (χ4v) is 7.77. The van der Waals surface area contributed by atoms with Crippen LogP contribution in [0.5, 0.6) is 0 Å². The number of hydrogen-bond acceptors (Lipinski definition) is 17. The summed E-state index contributed by atoms with van der Waals surface area (Å²) in [6.07, 6.45) is -6.13. The number of carboxylic acids is 1. The highest BCUT2D eigenvalue weighted by Gasteiger charge is 2.58. The van der Waals surface area contributed by atoms with Crippen LogP contribution >= 0.6 is 0 Å². The molecule has 5 fully saturated rings. The molecule has 0 radical (unpaired) electrons. The third-order valence-electron chi connectivity index (χ3n) is 11.8. The summed E-state index contributed by atoms with van der Waals surface area (Å²) in [5.74, 6) is -2.36. The van der Waals surface area contributed by atoms with Crippen LogP contribution < -0.4 is 0 Å². The molecule has 5 heterocycles. The van der Waals surface area contributed by atoms with Gasteiger partial charge >= 0.3 is 5.97 Å². The van der Waals surface area contributed by atoms with Crippen LogP contribution in [0.3, 0.4) is 0 Å². The third kappa shape index (κ3) is 12.0. The number of ether oxygens (including phenoxy) is 10. The number of methoxy groups -OCH3 is 4. The van der Waals surface area contributed by atoms with Crippen LogP contribution in [-0.4, -0.2) is 200 Å². The number of hydrogen-bond donors (Lipinski definition) is 7. The molecule has 332 valence electrons. The number of aliphatic hydroxyl groups excluding tert-OH is 6. The molecule has 5 rings (SSSR count). The highest BCUT2D eigenvalue weighted by molar-refractivity contribution is 5.75. The second kappa shape index (κ2) is 23.0. The van der Waals surface area contributed by atoms with Gasteiger partial charge in [-0.1, -0.05) is 20.8 Å². The standard InChI is InChI=1S/C11H18O7.2C9H18O4.C9H18O3/c1-5-7-9(8(15-3)6(4-12)16-5)18-11(2,17-7)10(13)14;2*1-5-6(2)13-7(4-10)8(11)9(5)12-3;1-5-6(2)12-7(3)8(10)9(5)11-4/h5-9,12H,4H2,1-3H3,(H,13,14);2*5-11H,4H2,1-3H3;5-10H,1-4H3/t5-,6?,7?,8?,9?,11-;2*5?,6-,7?,8?,9?;/m111./s1. The number of aliphatic carboxylic acids is 1. The molecule has 0 aromatic heterocycles. The molecule has 56 heavy (non-hydrogen) atoms. The molecule has 21 atom stereocenters. The van der Waals surface area contributed by atoms with Crippen molar-refractivity contribution >= 4 is 5.97 Å². The Hall–Kier alpha value is -1.17. The van der Waals surface area contributed by atoms with Gasteiger partial charge in [-0.2, -0.15) is 0 Å². The van der Waals surface area contributed by atoms with Crippen LogP contribution in [0.15, 0.2) is 0 Å². The fourth-order valence-electron chi connectivity index (χ4n) is 7.77. The zero-order valence-corrected chi connectivity index (χ0v) is 35.3. The lowest BCUT2D eigenvalue weighted by Crippen LogP contribution is -2.57. The Bertz CT molecular complexity index is 1090. The van der Waals surface area contributed by atoms with Crippen molar-refractivity contribution in [1.29, 1.82) is 0 Å². The lowest BCUT2D eigenvalue weighted by molar-refractivity contribution is -0.207. The topological polar surface area (TPSA) is 251 Å². The molecule has 5 aliphatic heterocycles. The van der Waals surface area contributed by atoms with Gasteiger partial charge in [-0.25, -0.2) is 4.79 Å². The van der Waals surface area contributed by atoms with Crippen LogP contribution in [0.2, 0.25) is 0 Å². The summed E-state index contributed by atoms with van der Waals surface area (Å²) in [6, 6.07) is 0. The van der Waals surface area contributed by atoms with Crippen LogP contribution in [0.4, 0.5) is 0 Å². The number of rotatable bonds is 8. The van der Waals surface area contributed by atoms with E-state index >= 15 is 0 Å². The summed E-state index contributed by atoms with van der Waals surface area (Å²) in [5.41, 5.74) is 0. The predicted molar refractivity (Wildman–Crippen MR) is 199 cm³/mol. The Kier molecular flexibility index (Phi) is 20.9. The van der Waals surface area contributed by atoms with Gasteiger partial charge < -0.3 is 83.1 Å². The van der Waals surface area contributed by atoms with Crippen molar-refractivity contribution in [2.45, 2.75) is 172 Å². The maximum atomic E-state index is 11.1. The number of carbonyl (C=O) groups is 1. The summed E-state index contributed by atoms with van der Waals surface area (Å²) >= 11 is 0. The van der Waals surface area contributed by atoms with E-state index in [2.05, 4.69) is 0 Å². The van der Waals surface area contributed by atoms with E-state index in [0.717, 1.165) is 0 Å². The Morgan fingerprint density at radius 3 is 1.20 bits per heavy atom. The van der Waals surface area contributed by atoms with Gasteiger partial charge in [0.1, 0.15) is 54.9 Å². The Balaban J connectivity index is 0.000000262. The molecule has 0 bridgehead atoms. The molecule has 5 aliphatic rings. The molecular formula is C38H72O18. The van der Waals surface area contributed by atoms with E-state index in [1.54, 1.807) is 28.3 Å². The highest BCUT2D eigenvalue weighted by atomic mass is 16.8. The van der Waals surface area contributed by atoms with E-state index < -0.39 is 66.7 Å². The largest absolute Gasteiger partial charge is 0.477 e. The minimum absolute atomic E-state index is 0.00509. The second-order valence-corrected chi connectivity index (χ2v) is 15.5. The van der Waals surface area contributed by atoms with Gasteiger partial charge in [0.25, 0.3) is 5.79 Å². The van der Waals surface area contributed by atoms with Crippen molar-refractivity contribution in [3.63, 3.8) is 0 Å². The average molecular weight is 817 g/mol. The SMILES string of the molecule is COC1C(C)C(C)OC(C)C1O.COC1C(CO)O[C@H](C)C2O[C@@](C)(C(=O)O)OC12.COC1C(O)C(CO)O[C@H](C)C1C.COC1C(O)C(CO)O[C@H](C)C1C. The number of aliphatic hydroxyl groups is 6. The molecule has 17 unspecified atom stereocenters. The molecule has 5 saturated heterocycles. The summed E-state index contributed by atoms with van der Waals surface area (Å²) < 4.78 is 53.6. The van der Waals surface area contributed by atoms with Crippen LogP contribution in [-0.2, 0) is 52.2 Å². The Morgan fingerprint density at radius 1 is 0.500 bits per heavy atom. The quantitative estimate of drug-likeness (QED) is 0.167. The predicted octanol–water partition coefficient (Wildman–Crippen LogP) is -0.273. The first-order valence-corrected chi connectivity index (χ1v) is 19.4. The monoisotopic (exact) mass is 816 g/mol. The van der Waals surface area contributed by atoms with Gasteiger partial charge in [-0.15, -0.1) is 0 Å². The van der Waals surface area contributed by atoms with Crippen molar-refractivity contribution in [3.05, 3.63) is 0 Å². The molecule has 18 heteroatoms. The zero-order chi connectivity index (χ0) is 42.8. The molecule has 0 saturated carbocycles. The maximum absolute atomic E-state index is 11.1. The summed E-state index contributed by atoms with van der Waals surface area (Å²) in [4.78, 5) is 11.1.